The van der Waals surface area contributed by atoms with Crippen molar-refractivity contribution in [1.29, 1.82) is 0 Å². The zero-order chi connectivity index (χ0) is 16.8. The predicted molar refractivity (Wildman–Crippen MR) is 90.8 cm³/mol. The number of benzene rings is 1. The molecule has 1 aromatic carbocycles. The van der Waals surface area contributed by atoms with Crippen LogP contribution in [0.3, 0.4) is 0 Å². The summed E-state index contributed by atoms with van der Waals surface area (Å²) in [6.45, 7) is 0.811. The number of primary amides is 1. The van der Waals surface area contributed by atoms with Gasteiger partial charge < -0.3 is 15.8 Å². The molecule has 0 saturated carbocycles. The fourth-order valence-electron chi connectivity index (χ4n) is 2.15. The second-order valence-corrected chi connectivity index (χ2v) is 6.02. The lowest BCUT2D eigenvalue weighted by atomic mass is 10.2. The molecule has 0 unspecified atom stereocenters. The van der Waals surface area contributed by atoms with Crippen LogP contribution in [0.5, 0.6) is 5.75 Å². The Kier molecular flexibility index (Phi) is 5.72. The van der Waals surface area contributed by atoms with Crippen molar-refractivity contribution in [3.05, 3.63) is 46.8 Å². The number of nitrogens with two attached hydrogens (primary N) is 1. The number of nitrogens with one attached hydrogen (secondary N) is 1. The molecule has 2 aromatic rings. The van der Waals surface area contributed by atoms with E-state index in [1.165, 1.54) is 11.3 Å². The minimum absolute atomic E-state index is 0.194. The van der Waals surface area contributed by atoms with Crippen LogP contribution in [0.2, 0.25) is 0 Å². The molecule has 1 heterocycles. The number of nitrogens with zero attached hydrogens (tertiary/aromatic N) is 1. The largest absolute Gasteiger partial charge is 0.497 e. The molecule has 2 amide bonds. The van der Waals surface area contributed by atoms with Crippen LogP contribution in [-0.4, -0.2) is 37.4 Å². The molecule has 0 bridgehead atoms. The van der Waals surface area contributed by atoms with Gasteiger partial charge in [0.1, 0.15) is 10.8 Å². The highest BCUT2D eigenvalue weighted by molar-refractivity contribution is 7.14. The van der Waals surface area contributed by atoms with Gasteiger partial charge in [0, 0.05) is 6.54 Å². The van der Waals surface area contributed by atoms with E-state index in [-0.39, 0.29) is 12.5 Å². The van der Waals surface area contributed by atoms with E-state index in [1.54, 1.807) is 18.6 Å². The van der Waals surface area contributed by atoms with Crippen molar-refractivity contribution in [1.82, 2.24) is 4.90 Å². The van der Waals surface area contributed by atoms with Crippen molar-refractivity contribution in [3.8, 4) is 5.75 Å². The molecule has 0 spiro atoms. The Labute approximate surface area is 138 Å². The fourth-order valence-corrected chi connectivity index (χ4v) is 2.96. The summed E-state index contributed by atoms with van der Waals surface area (Å²) in [5.74, 6) is 0.0386. The molecule has 0 fully saturated rings. The normalized spacial score (nSPS) is 10.6. The molecule has 3 N–H and O–H groups in total. The van der Waals surface area contributed by atoms with Crippen LogP contribution in [0.1, 0.15) is 15.9 Å². The summed E-state index contributed by atoms with van der Waals surface area (Å²) in [4.78, 5) is 25.2. The number of ether oxygens (including phenoxy) is 1. The first kappa shape index (κ1) is 17.0. The number of anilines is 1. The van der Waals surface area contributed by atoms with Crippen molar-refractivity contribution in [2.24, 2.45) is 5.73 Å². The number of carbonyl (C=O) groups excluding carboxylic acids is 2. The van der Waals surface area contributed by atoms with Gasteiger partial charge in [-0.2, -0.15) is 0 Å². The number of amides is 2. The van der Waals surface area contributed by atoms with Crippen molar-refractivity contribution >= 4 is 28.2 Å². The molecular formula is C16H19N3O3S. The topological polar surface area (TPSA) is 84.7 Å². The lowest BCUT2D eigenvalue weighted by molar-refractivity contribution is -0.117. The molecule has 0 aliphatic carbocycles. The summed E-state index contributed by atoms with van der Waals surface area (Å²) in [6.07, 6.45) is 0. The second-order valence-electron chi connectivity index (χ2n) is 5.10. The molecule has 7 heteroatoms. The maximum absolute atomic E-state index is 12.1. The Balaban J connectivity index is 1.91. The number of likely N-dealkylation sites (N-methyl/N-ethyl adjacent to an activating group) is 1. The van der Waals surface area contributed by atoms with Gasteiger partial charge in [-0.15, -0.1) is 11.3 Å². The molecule has 1 aromatic heterocycles. The molecule has 2 rings (SSSR count). The van der Waals surface area contributed by atoms with Crippen molar-refractivity contribution < 1.29 is 14.3 Å². The van der Waals surface area contributed by atoms with E-state index in [1.807, 2.05) is 36.2 Å². The van der Waals surface area contributed by atoms with E-state index in [2.05, 4.69) is 5.32 Å². The van der Waals surface area contributed by atoms with Gasteiger partial charge in [-0.1, -0.05) is 12.1 Å². The van der Waals surface area contributed by atoms with Gasteiger partial charge in [-0.25, -0.2) is 0 Å². The van der Waals surface area contributed by atoms with E-state index in [0.29, 0.717) is 17.1 Å². The molecule has 0 aliphatic heterocycles. The second kappa shape index (κ2) is 7.75. The first-order valence-corrected chi connectivity index (χ1v) is 7.86. The average Bonchev–Trinajstić information content (AvgIpc) is 2.95. The number of hydrogen-bond donors (Lipinski definition) is 2. The number of carbonyl (C=O) groups is 2. The predicted octanol–water partition coefficient (Wildman–Crippen LogP) is 1.93. The highest BCUT2D eigenvalue weighted by Crippen LogP contribution is 2.22. The number of methoxy groups -OCH3 is 1. The number of hydrogen-bond acceptors (Lipinski definition) is 5. The van der Waals surface area contributed by atoms with Crippen molar-refractivity contribution in [2.45, 2.75) is 6.54 Å². The zero-order valence-electron chi connectivity index (χ0n) is 13.0. The van der Waals surface area contributed by atoms with E-state index in [4.69, 9.17) is 10.5 Å². The highest BCUT2D eigenvalue weighted by atomic mass is 32.1. The van der Waals surface area contributed by atoms with E-state index < -0.39 is 5.91 Å². The molecule has 0 atom stereocenters. The summed E-state index contributed by atoms with van der Waals surface area (Å²) >= 11 is 1.27. The van der Waals surface area contributed by atoms with Crippen molar-refractivity contribution in [3.63, 3.8) is 0 Å². The average molecular weight is 333 g/mol. The summed E-state index contributed by atoms with van der Waals surface area (Å²) < 4.78 is 5.18. The third kappa shape index (κ3) is 4.80. The van der Waals surface area contributed by atoms with Gasteiger partial charge >= 0.3 is 0 Å². The zero-order valence-corrected chi connectivity index (χ0v) is 13.9. The van der Waals surface area contributed by atoms with Crippen LogP contribution in [0.4, 0.5) is 5.00 Å². The lowest BCUT2D eigenvalue weighted by Crippen LogP contribution is -2.30. The Morgan fingerprint density at radius 1 is 1.35 bits per heavy atom. The molecule has 0 aliphatic rings. The van der Waals surface area contributed by atoms with Crippen LogP contribution in [0.25, 0.3) is 0 Å². The number of thiophene rings is 1. The van der Waals surface area contributed by atoms with Gasteiger partial charge in [0.2, 0.25) is 5.91 Å². The Morgan fingerprint density at radius 3 is 2.83 bits per heavy atom. The summed E-state index contributed by atoms with van der Waals surface area (Å²) in [5, 5.41) is 4.93. The van der Waals surface area contributed by atoms with Gasteiger partial charge in [-0.05, 0) is 36.2 Å². The molecule has 122 valence electrons. The minimum Gasteiger partial charge on any atom is -0.497 e. The first-order valence-electron chi connectivity index (χ1n) is 6.98. The minimum atomic E-state index is -0.550. The van der Waals surface area contributed by atoms with E-state index in [0.717, 1.165) is 11.3 Å². The highest BCUT2D eigenvalue weighted by Gasteiger charge is 2.14. The van der Waals surface area contributed by atoms with Crippen LogP contribution < -0.4 is 15.8 Å². The lowest BCUT2D eigenvalue weighted by Gasteiger charge is -2.16. The molecule has 0 saturated heterocycles. The fraction of sp³-hybridized carbons (Fsp3) is 0.250. The third-order valence-electron chi connectivity index (χ3n) is 3.18. The maximum atomic E-state index is 12.1. The summed E-state index contributed by atoms with van der Waals surface area (Å²) in [6, 6.07) is 9.29. The van der Waals surface area contributed by atoms with Crippen molar-refractivity contribution in [2.75, 3.05) is 26.0 Å². The Bertz CT molecular complexity index is 699. The SMILES string of the molecule is COc1cccc(CN(C)CC(=O)Nc2sccc2C(N)=O)c1. The monoisotopic (exact) mass is 333 g/mol. The summed E-state index contributed by atoms with van der Waals surface area (Å²) in [5.41, 5.74) is 6.64. The van der Waals surface area contributed by atoms with Gasteiger partial charge in [-0.3, -0.25) is 14.5 Å². The molecule has 6 nitrogen and oxygen atoms in total. The van der Waals surface area contributed by atoms with Gasteiger partial charge in [0.15, 0.2) is 0 Å². The van der Waals surface area contributed by atoms with E-state index in [9.17, 15) is 9.59 Å². The first-order chi connectivity index (χ1) is 11.0. The number of rotatable bonds is 7. The Hall–Kier alpha value is -2.38. The quantitative estimate of drug-likeness (QED) is 0.811. The maximum Gasteiger partial charge on any atom is 0.251 e. The van der Waals surface area contributed by atoms with Crippen LogP contribution in [0.15, 0.2) is 35.7 Å². The van der Waals surface area contributed by atoms with E-state index >= 15 is 0 Å². The molecule has 23 heavy (non-hydrogen) atoms. The molecule has 0 radical (unpaired) electrons. The van der Waals surface area contributed by atoms with Crippen LogP contribution in [0, 0.1) is 0 Å². The van der Waals surface area contributed by atoms with Crippen LogP contribution in [-0.2, 0) is 11.3 Å². The third-order valence-corrected chi connectivity index (χ3v) is 4.01. The summed E-state index contributed by atoms with van der Waals surface area (Å²) in [7, 11) is 3.47. The van der Waals surface area contributed by atoms with Gasteiger partial charge in [0.05, 0.1) is 19.2 Å². The van der Waals surface area contributed by atoms with Crippen LogP contribution >= 0.6 is 11.3 Å². The smallest absolute Gasteiger partial charge is 0.251 e. The molecular weight excluding hydrogens is 314 g/mol. The van der Waals surface area contributed by atoms with Gasteiger partial charge in [0.25, 0.3) is 5.91 Å². The standard InChI is InChI=1S/C16H19N3O3S/c1-19(9-11-4-3-5-12(8-11)22-2)10-14(20)18-16-13(15(17)21)6-7-23-16/h3-8H,9-10H2,1-2H3,(H2,17,21)(H,18,20). The Morgan fingerprint density at radius 2 is 2.13 bits per heavy atom.